The monoisotopic (exact) mass is 321 g/mol. The standard InChI is InChI=1S/C17H24FN3O2/c1-3-4-9-19(2)16(22)17(23)21-12-10-20(11-13-21)15-8-6-5-7-14(15)18/h5-8H,3-4,9-13H2,1-2H3. The average Bonchev–Trinajstić information content (AvgIpc) is 2.59. The van der Waals surface area contributed by atoms with Gasteiger partial charge < -0.3 is 14.7 Å². The smallest absolute Gasteiger partial charge is 0.312 e. The van der Waals surface area contributed by atoms with Crippen molar-refractivity contribution in [3.8, 4) is 0 Å². The fourth-order valence-corrected chi connectivity index (χ4v) is 2.65. The molecule has 0 aliphatic carbocycles. The molecule has 1 heterocycles. The van der Waals surface area contributed by atoms with E-state index in [0.717, 1.165) is 12.8 Å². The van der Waals surface area contributed by atoms with Gasteiger partial charge in [0.25, 0.3) is 0 Å². The van der Waals surface area contributed by atoms with Crippen LogP contribution in [0.4, 0.5) is 10.1 Å². The molecule has 126 valence electrons. The van der Waals surface area contributed by atoms with Gasteiger partial charge in [0.2, 0.25) is 0 Å². The first-order valence-corrected chi connectivity index (χ1v) is 8.08. The molecule has 0 bridgehead atoms. The highest BCUT2D eigenvalue weighted by Crippen LogP contribution is 2.20. The minimum absolute atomic E-state index is 0.261. The Labute approximate surface area is 136 Å². The average molecular weight is 321 g/mol. The van der Waals surface area contributed by atoms with E-state index in [-0.39, 0.29) is 5.82 Å². The van der Waals surface area contributed by atoms with Crippen molar-refractivity contribution < 1.29 is 14.0 Å². The molecule has 1 aliphatic rings. The number of likely N-dealkylation sites (N-methyl/N-ethyl adjacent to an activating group) is 1. The first-order chi connectivity index (χ1) is 11.0. The Morgan fingerprint density at radius 1 is 1.17 bits per heavy atom. The summed E-state index contributed by atoms with van der Waals surface area (Å²) in [5.41, 5.74) is 0.547. The van der Waals surface area contributed by atoms with E-state index < -0.39 is 11.8 Å². The molecule has 0 N–H and O–H groups in total. The van der Waals surface area contributed by atoms with E-state index >= 15 is 0 Å². The zero-order chi connectivity index (χ0) is 16.8. The number of nitrogens with zero attached hydrogens (tertiary/aromatic N) is 3. The van der Waals surface area contributed by atoms with Crippen LogP contribution in [0.15, 0.2) is 24.3 Å². The van der Waals surface area contributed by atoms with Gasteiger partial charge in [-0.3, -0.25) is 9.59 Å². The maximum Gasteiger partial charge on any atom is 0.312 e. The molecule has 2 rings (SSSR count). The Kier molecular flexibility index (Phi) is 5.96. The van der Waals surface area contributed by atoms with Crippen LogP contribution in [-0.2, 0) is 9.59 Å². The van der Waals surface area contributed by atoms with Gasteiger partial charge in [0.05, 0.1) is 5.69 Å². The van der Waals surface area contributed by atoms with Gasteiger partial charge in [0, 0.05) is 39.8 Å². The second-order valence-corrected chi connectivity index (χ2v) is 5.81. The molecular formula is C17H24FN3O2. The summed E-state index contributed by atoms with van der Waals surface area (Å²) in [6.07, 6.45) is 1.86. The maximum absolute atomic E-state index is 13.8. The Balaban J connectivity index is 1.90. The maximum atomic E-state index is 13.8. The predicted octanol–water partition coefficient (Wildman–Crippen LogP) is 1.73. The zero-order valence-electron chi connectivity index (χ0n) is 13.8. The number of hydrogen-bond acceptors (Lipinski definition) is 3. The van der Waals surface area contributed by atoms with E-state index in [1.165, 1.54) is 11.0 Å². The molecule has 0 aromatic heterocycles. The molecular weight excluding hydrogens is 297 g/mol. The number of unbranched alkanes of at least 4 members (excludes halogenated alkanes) is 1. The highest BCUT2D eigenvalue weighted by atomic mass is 19.1. The van der Waals surface area contributed by atoms with Crippen molar-refractivity contribution >= 4 is 17.5 Å². The van der Waals surface area contributed by atoms with Crippen molar-refractivity contribution in [2.45, 2.75) is 19.8 Å². The van der Waals surface area contributed by atoms with Crippen molar-refractivity contribution in [1.82, 2.24) is 9.80 Å². The van der Waals surface area contributed by atoms with Gasteiger partial charge in [0.15, 0.2) is 0 Å². The second kappa shape index (κ2) is 7.94. The van der Waals surface area contributed by atoms with Gasteiger partial charge in [-0.15, -0.1) is 0 Å². The lowest BCUT2D eigenvalue weighted by atomic mass is 10.2. The van der Waals surface area contributed by atoms with Crippen LogP contribution in [0, 0.1) is 5.82 Å². The minimum atomic E-state index is -0.461. The van der Waals surface area contributed by atoms with Crippen LogP contribution in [0.25, 0.3) is 0 Å². The number of para-hydroxylation sites is 1. The van der Waals surface area contributed by atoms with E-state index in [0.29, 0.717) is 38.4 Å². The highest BCUT2D eigenvalue weighted by molar-refractivity contribution is 6.34. The Hall–Kier alpha value is -2.11. The molecule has 0 saturated carbocycles. The van der Waals surface area contributed by atoms with E-state index in [9.17, 15) is 14.0 Å². The predicted molar refractivity (Wildman–Crippen MR) is 87.7 cm³/mol. The summed E-state index contributed by atoms with van der Waals surface area (Å²) in [5, 5.41) is 0. The van der Waals surface area contributed by atoms with Crippen LogP contribution in [-0.4, -0.2) is 61.4 Å². The Morgan fingerprint density at radius 2 is 1.83 bits per heavy atom. The number of rotatable bonds is 4. The molecule has 1 aromatic carbocycles. The lowest BCUT2D eigenvalue weighted by Gasteiger charge is -2.36. The second-order valence-electron chi connectivity index (χ2n) is 5.81. The van der Waals surface area contributed by atoms with E-state index in [1.54, 1.807) is 30.1 Å². The van der Waals surface area contributed by atoms with Crippen LogP contribution < -0.4 is 4.90 Å². The highest BCUT2D eigenvalue weighted by Gasteiger charge is 2.28. The fourth-order valence-electron chi connectivity index (χ4n) is 2.65. The third-order valence-electron chi connectivity index (χ3n) is 4.14. The quantitative estimate of drug-likeness (QED) is 0.794. The summed E-state index contributed by atoms with van der Waals surface area (Å²) >= 11 is 0. The van der Waals surface area contributed by atoms with Crippen molar-refractivity contribution in [3.63, 3.8) is 0 Å². The van der Waals surface area contributed by atoms with Gasteiger partial charge >= 0.3 is 11.8 Å². The van der Waals surface area contributed by atoms with Crippen LogP contribution in [0.3, 0.4) is 0 Å². The molecule has 0 spiro atoms. The number of amides is 2. The molecule has 5 nitrogen and oxygen atoms in total. The van der Waals surface area contributed by atoms with Gasteiger partial charge in [-0.1, -0.05) is 25.5 Å². The van der Waals surface area contributed by atoms with Gasteiger partial charge in [-0.25, -0.2) is 4.39 Å². The Bertz CT molecular complexity index is 557. The number of carbonyl (C=O) groups excluding carboxylic acids is 2. The van der Waals surface area contributed by atoms with E-state index in [2.05, 4.69) is 0 Å². The van der Waals surface area contributed by atoms with Crippen molar-refractivity contribution in [2.75, 3.05) is 44.7 Å². The van der Waals surface area contributed by atoms with Gasteiger partial charge in [-0.05, 0) is 18.6 Å². The summed E-state index contributed by atoms with van der Waals surface area (Å²) in [7, 11) is 1.66. The summed E-state index contributed by atoms with van der Waals surface area (Å²) in [6.45, 7) is 4.55. The normalized spacial score (nSPS) is 14.7. The molecule has 6 heteroatoms. The molecule has 2 amide bonds. The minimum Gasteiger partial charge on any atom is -0.366 e. The molecule has 1 fully saturated rings. The number of carbonyl (C=O) groups is 2. The molecule has 1 aromatic rings. The van der Waals surface area contributed by atoms with Gasteiger partial charge in [0.1, 0.15) is 5.82 Å². The molecule has 0 radical (unpaired) electrons. The fraction of sp³-hybridized carbons (Fsp3) is 0.529. The topological polar surface area (TPSA) is 43.9 Å². The molecule has 1 aliphatic heterocycles. The van der Waals surface area contributed by atoms with E-state index in [1.807, 2.05) is 11.8 Å². The summed E-state index contributed by atoms with van der Waals surface area (Å²) < 4.78 is 13.8. The lowest BCUT2D eigenvalue weighted by Crippen LogP contribution is -2.53. The van der Waals surface area contributed by atoms with Crippen LogP contribution in [0.2, 0.25) is 0 Å². The largest absolute Gasteiger partial charge is 0.366 e. The van der Waals surface area contributed by atoms with Crippen molar-refractivity contribution in [3.05, 3.63) is 30.1 Å². The number of hydrogen-bond donors (Lipinski definition) is 0. The number of benzene rings is 1. The molecule has 1 saturated heterocycles. The first-order valence-electron chi connectivity index (χ1n) is 8.08. The third kappa shape index (κ3) is 4.21. The summed E-state index contributed by atoms with van der Waals surface area (Å²) in [4.78, 5) is 29.3. The Morgan fingerprint density at radius 3 is 2.43 bits per heavy atom. The summed E-state index contributed by atoms with van der Waals surface area (Å²) in [5.74, 6) is -1.18. The molecule has 0 atom stereocenters. The van der Waals surface area contributed by atoms with Crippen LogP contribution in [0.1, 0.15) is 19.8 Å². The van der Waals surface area contributed by atoms with E-state index in [4.69, 9.17) is 0 Å². The first kappa shape index (κ1) is 17.2. The number of piperazine rings is 1. The molecule has 23 heavy (non-hydrogen) atoms. The zero-order valence-corrected chi connectivity index (χ0v) is 13.8. The summed E-state index contributed by atoms with van der Waals surface area (Å²) in [6, 6.07) is 6.61. The van der Waals surface area contributed by atoms with Gasteiger partial charge in [-0.2, -0.15) is 0 Å². The van der Waals surface area contributed by atoms with Crippen molar-refractivity contribution in [1.29, 1.82) is 0 Å². The number of anilines is 1. The SMILES string of the molecule is CCCCN(C)C(=O)C(=O)N1CCN(c2ccccc2F)CC1. The number of halogens is 1. The molecule has 0 unspecified atom stereocenters. The van der Waals surface area contributed by atoms with Crippen LogP contribution >= 0.6 is 0 Å². The third-order valence-corrected chi connectivity index (χ3v) is 4.14. The lowest BCUT2D eigenvalue weighted by molar-refractivity contribution is -0.151. The van der Waals surface area contributed by atoms with Crippen molar-refractivity contribution in [2.24, 2.45) is 0 Å². The van der Waals surface area contributed by atoms with Crippen LogP contribution in [0.5, 0.6) is 0 Å².